The van der Waals surface area contributed by atoms with Crippen LogP contribution >= 0.6 is 0 Å². The quantitative estimate of drug-likeness (QED) is 0.147. The lowest BCUT2D eigenvalue weighted by atomic mass is 10.4. The highest BCUT2D eigenvalue weighted by atomic mass is 28.4. The molecule has 0 spiro atoms. The Bertz CT molecular complexity index is 610. The molecule has 0 saturated carbocycles. The summed E-state index contributed by atoms with van der Waals surface area (Å²) in [5.74, 6) is 0. The van der Waals surface area contributed by atoms with Crippen LogP contribution in [0.25, 0.3) is 0 Å². The Morgan fingerprint density at radius 3 is 1.19 bits per heavy atom. The van der Waals surface area contributed by atoms with Crippen LogP contribution in [0.2, 0.25) is 12.1 Å². The van der Waals surface area contributed by atoms with Crippen LogP contribution in [-0.2, 0) is 26.6 Å². The summed E-state index contributed by atoms with van der Waals surface area (Å²) in [5.41, 5.74) is 0. The molecule has 2 aliphatic rings. The van der Waals surface area contributed by atoms with Crippen molar-refractivity contribution in [1.82, 2.24) is 9.80 Å². The first-order chi connectivity index (χ1) is 18.0. The molecular formula is C25H54N4O6Si2+2. The average molecular weight is 563 g/mol. The lowest BCUT2D eigenvalue weighted by Gasteiger charge is -2.28. The average Bonchev–Trinajstić information content (AvgIpc) is 3.50. The zero-order valence-electron chi connectivity index (χ0n) is 24.4. The predicted octanol–water partition coefficient (Wildman–Crippen LogP) is 2.53. The summed E-state index contributed by atoms with van der Waals surface area (Å²) >= 11 is 0. The van der Waals surface area contributed by atoms with E-state index in [2.05, 4.69) is 31.6 Å². The van der Waals surface area contributed by atoms with E-state index in [1.165, 1.54) is 0 Å². The maximum Gasteiger partial charge on any atom is 0.501 e. The van der Waals surface area contributed by atoms with Crippen LogP contribution in [-0.4, -0.2) is 135 Å². The topological polar surface area (TPSA) is 67.9 Å². The minimum Gasteiger partial charge on any atom is -0.374 e. The van der Waals surface area contributed by atoms with Gasteiger partial charge in [-0.1, -0.05) is 0 Å². The zero-order chi connectivity index (χ0) is 27.0. The first-order valence-electron chi connectivity index (χ1n) is 14.5. The lowest BCUT2D eigenvalue weighted by molar-refractivity contribution is -0.717. The Kier molecular flexibility index (Phi) is 15.4. The van der Waals surface area contributed by atoms with Crippen LogP contribution < -0.4 is 0 Å². The second-order valence-corrected chi connectivity index (χ2v) is 14.7. The van der Waals surface area contributed by atoms with Gasteiger partial charge in [-0.15, -0.1) is 0 Å². The van der Waals surface area contributed by atoms with Gasteiger partial charge in [0.1, 0.15) is 26.2 Å². The summed E-state index contributed by atoms with van der Waals surface area (Å²) < 4.78 is 40.8. The zero-order valence-corrected chi connectivity index (χ0v) is 26.4. The molecule has 0 unspecified atom stereocenters. The number of hydrogen-bond acceptors (Lipinski definition) is 8. The third kappa shape index (κ3) is 11.0. The minimum absolute atomic E-state index is 0.632. The fourth-order valence-electron chi connectivity index (χ4n) is 4.99. The molecule has 0 aromatic rings. The van der Waals surface area contributed by atoms with E-state index < -0.39 is 17.6 Å². The highest BCUT2D eigenvalue weighted by Gasteiger charge is 2.41. The van der Waals surface area contributed by atoms with E-state index in [9.17, 15) is 0 Å². The van der Waals surface area contributed by atoms with E-state index in [-0.39, 0.29) is 0 Å². The second kappa shape index (κ2) is 17.7. The Morgan fingerprint density at radius 2 is 0.892 bits per heavy atom. The van der Waals surface area contributed by atoms with Crippen molar-refractivity contribution in [3.05, 3.63) is 0 Å². The molecule has 0 fully saturated rings. The maximum atomic E-state index is 6.00. The Balaban J connectivity index is 1.79. The van der Waals surface area contributed by atoms with E-state index >= 15 is 0 Å². The molecule has 2 heterocycles. The lowest BCUT2D eigenvalue weighted by Crippen LogP contribution is -2.46. The van der Waals surface area contributed by atoms with Gasteiger partial charge in [0, 0.05) is 51.7 Å². The van der Waals surface area contributed by atoms with Gasteiger partial charge in [0.25, 0.3) is 0 Å². The van der Waals surface area contributed by atoms with Crippen LogP contribution in [0, 0.1) is 0 Å². The molecule has 0 saturated heterocycles. The van der Waals surface area contributed by atoms with Crippen molar-refractivity contribution in [2.45, 2.75) is 66.5 Å². The predicted molar refractivity (Wildman–Crippen MR) is 151 cm³/mol. The normalized spacial score (nSPS) is 16.6. The molecule has 0 amide bonds. The van der Waals surface area contributed by atoms with Crippen molar-refractivity contribution < 1.29 is 35.7 Å². The number of rotatable bonds is 22. The largest absolute Gasteiger partial charge is 0.501 e. The maximum absolute atomic E-state index is 6.00. The van der Waals surface area contributed by atoms with Crippen molar-refractivity contribution in [1.29, 1.82) is 0 Å². The molecule has 0 aliphatic carbocycles. The van der Waals surface area contributed by atoms with Gasteiger partial charge in [-0.2, -0.15) is 0 Å². The molecule has 37 heavy (non-hydrogen) atoms. The molecule has 0 aromatic heterocycles. The first-order valence-corrected chi connectivity index (χ1v) is 18.3. The van der Waals surface area contributed by atoms with Crippen LogP contribution in [0.5, 0.6) is 0 Å². The van der Waals surface area contributed by atoms with Gasteiger partial charge in [-0.3, -0.25) is 9.80 Å². The van der Waals surface area contributed by atoms with Gasteiger partial charge in [-0.05, 0) is 54.4 Å². The Labute approximate surface area is 227 Å². The molecule has 0 bridgehead atoms. The van der Waals surface area contributed by atoms with Gasteiger partial charge in [-0.25, -0.2) is 9.15 Å². The van der Waals surface area contributed by atoms with Crippen LogP contribution in [0.15, 0.2) is 0 Å². The molecule has 0 N–H and O–H groups in total. The van der Waals surface area contributed by atoms with E-state index in [0.717, 1.165) is 70.9 Å². The number of nitrogens with zero attached hydrogens (tertiary/aromatic N) is 4. The third-order valence-electron chi connectivity index (χ3n) is 6.41. The fourth-order valence-corrected chi connectivity index (χ4v) is 10.2. The van der Waals surface area contributed by atoms with Crippen molar-refractivity contribution in [3.63, 3.8) is 0 Å². The van der Waals surface area contributed by atoms with Crippen molar-refractivity contribution in [3.8, 4) is 0 Å². The van der Waals surface area contributed by atoms with Gasteiger partial charge in [0.2, 0.25) is 19.3 Å². The highest BCUT2D eigenvalue weighted by Crippen LogP contribution is 2.20. The van der Waals surface area contributed by atoms with E-state index in [0.29, 0.717) is 39.6 Å². The van der Waals surface area contributed by atoms with Gasteiger partial charge in [0.05, 0.1) is 13.1 Å². The third-order valence-corrected chi connectivity index (χ3v) is 12.7. The second-order valence-electron chi connectivity index (χ2n) is 9.24. The molecule has 2 rings (SSSR count). The monoisotopic (exact) mass is 562 g/mol. The van der Waals surface area contributed by atoms with Crippen molar-refractivity contribution in [2.75, 3.05) is 85.6 Å². The summed E-state index contributed by atoms with van der Waals surface area (Å²) in [6.07, 6.45) is 6.59. The summed E-state index contributed by atoms with van der Waals surface area (Å²) in [6, 6.07) is 1.73. The van der Waals surface area contributed by atoms with Crippen LogP contribution in [0.1, 0.15) is 54.4 Å². The van der Waals surface area contributed by atoms with Crippen molar-refractivity contribution >= 4 is 30.3 Å². The molecule has 216 valence electrons. The summed E-state index contributed by atoms with van der Waals surface area (Å²) in [5, 5.41) is 0. The van der Waals surface area contributed by atoms with E-state index in [4.69, 9.17) is 26.6 Å². The minimum atomic E-state index is -2.55. The Hall–Kier alpha value is -0.866. The molecular weight excluding hydrogens is 508 g/mol. The molecule has 0 aromatic carbocycles. The van der Waals surface area contributed by atoms with Crippen LogP contribution in [0.3, 0.4) is 0 Å². The standard InChI is InChI=1S/C25H54N4O6Si2/c1-7-30-36(31-8-2,32-9-3)21-13-15-26-17-19-28(23-26)25-29-20-18-27(24-29)16-14-22-37(33-10-4,34-11-5)35-12-6/h23-24H,7-22,25H2,1-6H3/q+2. The molecule has 0 radical (unpaired) electrons. The smallest absolute Gasteiger partial charge is 0.374 e. The SMILES string of the molecule is CCO[Si](CCCN1C=[N+](C[N+]2=CN(CCC[Si](OCC)(OCC)OCC)CC2)CC1)(OCC)OCC. The van der Waals surface area contributed by atoms with Gasteiger partial charge >= 0.3 is 17.6 Å². The highest BCUT2D eigenvalue weighted by molar-refractivity contribution is 6.61. The molecule has 12 heteroatoms. The van der Waals surface area contributed by atoms with E-state index in [1.54, 1.807) is 0 Å². The molecule has 10 nitrogen and oxygen atoms in total. The Morgan fingerprint density at radius 1 is 0.568 bits per heavy atom. The molecule has 2 aliphatic heterocycles. The summed E-state index contributed by atoms with van der Waals surface area (Å²) in [7, 11) is -5.11. The fraction of sp³-hybridized carbons (Fsp3) is 0.920. The summed E-state index contributed by atoms with van der Waals surface area (Å²) in [4.78, 5) is 4.83. The summed E-state index contributed by atoms with van der Waals surface area (Å²) in [6.45, 7) is 23.0. The van der Waals surface area contributed by atoms with E-state index in [1.807, 2.05) is 41.5 Å². The van der Waals surface area contributed by atoms with Gasteiger partial charge in [0.15, 0.2) is 0 Å². The van der Waals surface area contributed by atoms with Crippen molar-refractivity contribution in [2.24, 2.45) is 0 Å². The number of hydrogen-bond donors (Lipinski definition) is 0. The van der Waals surface area contributed by atoms with Gasteiger partial charge < -0.3 is 26.6 Å². The first kappa shape index (κ1) is 32.3. The van der Waals surface area contributed by atoms with Crippen LogP contribution in [0.4, 0.5) is 0 Å². The molecule has 0 atom stereocenters.